The Kier molecular flexibility index (Phi) is 6.77. The first-order valence-electron chi connectivity index (χ1n) is 7.86. The number of hydrogen-bond acceptors (Lipinski definition) is 4. The van der Waals surface area contributed by atoms with Gasteiger partial charge in [-0.3, -0.25) is 14.6 Å². The van der Waals surface area contributed by atoms with Crippen LogP contribution in [0.3, 0.4) is 0 Å². The molecule has 1 heterocycles. The Labute approximate surface area is 151 Å². The highest BCUT2D eigenvalue weighted by Gasteiger charge is 2.14. The average Bonchev–Trinajstić information content (AvgIpc) is 2.59. The van der Waals surface area contributed by atoms with Crippen molar-refractivity contribution in [1.29, 1.82) is 0 Å². The van der Waals surface area contributed by atoms with Crippen molar-refractivity contribution in [1.82, 2.24) is 10.3 Å². The molecule has 2 aromatic rings. The van der Waals surface area contributed by atoms with Gasteiger partial charge in [-0.1, -0.05) is 25.4 Å². The Bertz CT molecular complexity index is 736. The van der Waals surface area contributed by atoms with Crippen LogP contribution in [0, 0.1) is 5.92 Å². The molecule has 2 rings (SSSR count). The van der Waals surface area contributed by atoms with Crippen molar-refractivity contribution in [3.8, 4) is 5.75 Å². The summed E-state index contributed by atoms with van der Waals surface area (Å²) < 4.78 is 5.56. The topological polar surface area (TPSA) is 80.3 Å². The number of nitrogens with zero attached hydrogens (tertiary/aromatic N) is 1. The van der Waals surface area contributed by atoms with Crippen LogP contribution >= 0.6 is 11.6 Å². The maximum Gasteiger partial charge on any atom is 0.313 e. The number of carbonyl (C=O) groups is 2. The van der Waals surface area contributed by atoms with E-state index in [1.165, 1.54) is 0 Å². The maximum atomic E-state index is 11.9. The van der Waals surface area contributed by atoms with Gasteiger partial charge in [-0.15, -0.1) is 0 Å². The SMILES string of the molecule is CC(C)COc1ccc(NC(=O)C(=O)NCc2ccncc2)cc1Cl. The van der Waals surface area contributed by atoms with Crippen LogP contribution in [0.25, 0.3) is 0 Å². The van der Waals surface area contributed by atoms with Gasteiger partial charge in [-0.05, 0) is 41.8 Å². The van der Waals surface area contributed by atoms with E-state index in [2.05, 4.69) is 15.6 Å². The second kappa shape index (κ2) is 9.03. The van der Waals surface area contributed by atoms with Gasteiger partial charge >= 0.3 is 11.8 Å². The fourth-order valence-electron chi connectivity index (χ4n) is 1.90. The highest BCUT2D eigenvalue weighted by atomic mass is 35.5. The van der Waals surface area contributed by atoms with E-state index >= 15 is 0 Å². The van der Waals surface area contributed by atoms with Gasteiger partial charge in [0.2, 0.25) is 0 Å². The van der Waals surface area contributed by atoms with E-state index in [0.717, 1.165) is 5.56 Å². The van der Waals surface area contributed by atoms with Crippen LogP contribution in [0.5, 0.6) is 5.75 Å². The van der Waals surface area contributed by atoms with Gasteiger partial charge in [0.05, 0.1) is 11.6 Å². The number of aromatic nitrogens is 1. The lowest BCUT2D eigenvalue weighted by Crippen LogP contribution is -2.34. The predicted molar refractivity (Wildman–Crippen MR) is 96.5 cm³/mol. The number of anilines is 1. The first kappa shape index (κ1) is 18.7. The summed E-state index contributed by atoms with van der Waals surface area (Å²) in [4.78, 5) is 27.7. The number of rotatable bonds is 6. The zero-order valence-electron chi connectivity index (χ0n) is 14.1. The maximum absolute atomic E-state index is 11.9. The molecule has 1 aromatic heterocycles. The van der Waals surface area contributed by atoms with Gasteiger partial charge in [0, 0.05) is 24.6 Å². The Hall–Kier alpha value is -2.60. The Morgan fingerprint density at radius 1 is 1.16 bits per heavy atom. The van der Waals surface area contributed by atoms with Crippen LogP contribution < -0.4 is 15.4 Å². The molecule has 7 heteroatoms. The molecule has 2 N–H and O–H groups in total. The van der Waals surface area contributed by atoms with Crippen molar-refractivity contribution in [3.05, 3.63) is 53.3 Å². The third-order valence-electron chi connectivity index (χ3n) is 3.17. The normalized spacial score (nSPS) is 10.4. The lowest BCUT2D eigenvalue weighted by Gasteiger charge is -2.12. The molecule has 0 aliphatic rings. The highest BCUT2D eigenvalue weighted by molar-refractivity contribution is 6.39. The molecule has 0 saturated carbocycles. The second-order valence-corrected chi connectivity index (χ2v) is 6.25. The molecule has 132 valence electrons. The number of benzene rings is 1. The lowest BCUT2D eigenvalue weighted by molar-refractivity contribution is -0.136. The average molecular weight is 362 g/mol. The van der Waals surface area contributed by atoms with Gasteiger partial charge in [-0.25, -0.2) is 0 Å². The minimum absolute atomic E-state index is 0.248. The molecule has 0 bridgehead atoms. The molecule has 0 radical (unpaired) electrons. The van der Waals surface area contributed by atoms with Crippen LogP contribution in [0.2, 0.25) is 5.02 Å². The number of hydrogen-bond donors (Lipinski definition) is 2. The fourth-order valence-corrected chi connectivity index (χ4v) is 2.14. The zero-order valence-corrected chi connectivity index (χ0v) is 14.8. The highest BCUT2D eigenvalue weighted by Crippen LogP contribution is 2.28. The lowest BCUT2D eigenvalue weighted by atomic mass is 10.2. The summed E-state index contributed by atoms with van der Waals surface area (Å²) in [6.07, 6.45) is 3.24. The molecule has 0 aliphatic carbocycles. The van der Waals surface area contributed by atoms with Crippen LogP contribution in [-0.2, 0) is 16.1 Å². The van der Waals surface area contributed by atoms with Gasteiger partial charge in [0.1, 0.15) is 5.75 Å². The number of nitrogens with one attached hydrogen (secondary N) is 2. The second-order valence-electron chi connectivity index (χ2n) is 5.84. The zero-order chi connectivity index (χ0) is 18.2. The standard InChI is InChI=1S/C18H20ClN3O3/c1-12(2)11-25-16-4-3-14(9-15(16)19)22-18(24)17(23)21-10-13-5-7-20-8-6-13/h3-9,12H,10-11H2,1-2H3,(H,21,23)(H,22,24). The predicted octanol–water partition coefficient (Wildman–Crippen LogP) is 3.02. The number of carbonyl (C=O) groups excluding carboxylic acids is 2. The summed E-state index contributed by atoms with van der Waals surface area (Å²) in [5.41, 5.74) is 1.27. The van der Waals surface area contributed by atoms with Gasteiger partial charge in [-0.2, -0.15) is 0 Å². The van der Waals surface area contributed by atoms with Crippen molar-refractivity contribution in [2.75, 3.05) is 11.9 Å². The molecule has 25 heavy (non-hydrogen) atoms. The summed E-state index contributed by atoms with van der Waals surface area (Å²) >= 11 is 6.13. The van der Waals surface area contributed by atoms with Crippen LogP contribution in [0.15, 0.2) is 42.7 Å². The number of ether oxygens (including phenoxy) is 1. The van der Waals surface area contributed by atoms with Crippen molar-refractivity contribution in [3.63, 3.8) is 0 Å². The molecule has 0 atom stereocenters. The number of halogens is 1. The molecule has 0 spiro atoms. The monoisotopic (exact) mass is 361 g/mol. The first-order chi connectivity index (χ1) is 12.0. The van der Waals surface area contributed by atoms with Crippen LogP contribution in [0.1, 0.15) is 19.4 Å². The Morgan fingerprint density at radius 2 is 1.88 bits per heavy atom. The van der Waals surface area contributed by atoms with Crippen molar-refractivity contribution >= 4 is 29.1 Å². The summed E-state index contributed by atoms with van der Waals surface area (Å²) in [6, 6.07) is 8.36. The quantitative estimate of drug-likeness (QED) is 0.775. The summed E-state index contributed by atoms with van der Waals surface area (Å²) in [7, 11) is 0. The molecule has 0 aliphatic heterocycles. The van der Waals surface area contributed by atoms with E-state index in [0.29, 0.717) is 29.0 Å². The largest absolute Gasteiger partial charge is 0.492 e. The fraction of sp³-hybridized carbons (Fsp3) is 0.278. The van der Waals surface area contributed by atoms with E-state index in [4.69, 9.17) is 16.3 Å². The number of amides is 2. The first-order valence-corrected chi connectivity index (χ1v) is 8.24. The summed E-state index contributed by atoms with van der Waals surface area (Å²) in [5, 5.41) is 5.42. The minimum Gasteiger partial charge on any atom is -0.492 e. The van der Waals surface area contributed by atoms with Crippen LogP contribution in [-0.4, -0.2) is 23.4 Å². The molecular formula is C18H20ClN3O3. The third kappa shape index (κ3) is 6.08. The van der Waals surface area contributed by atoms with Gasteiger partial charge in [0.25, 0.3) is 0 Å². The van der Waals surface area contributed by atoms with E-state index in [9.17, 15) is 9.59 Å². The summed E-state index contributed by atoms with van der Waals surface area (Å²) in [5.74, 6) is -0.580. The van der Waals surface area contributed by atoms with E-state index < -0.39 is 11.8 Å². The van der Waals surface area contributed by atoms with Crippen molar-refractivity contribution in [2.24, 2.45) is 5.92 Å². The molecule has 0 saturated heterocycles. The molecule has 0 unspecified atom stereocenters. The Balaban J connectivity index is 1.89. The van der Waals surface area contributed by atoms with Gasteiger partial charge in [0.15, 0.2) is 0 Å². The molecular weight excluding hydrogens is 342 g/mol. The molecule has 6 nitrogen and oxygen atoms in total. The van der Waals surface area contributed by atoms with Crippen molar-refractivity contribution in [2.45, 2.75) is 20.4 Å². The smallest absolute Gasteiger partial charge is 0.313 e. The van der Waals surface area contributed by atoms with E-state index in [-0.39, 0.29) is 6.54 Å². The summed E-state index contributed by atoms with van der Waals surface area (Å²) in [6.45, 7) is 4.86. The van der Waals surface area contributed by atoms with Gasteiger partial charge < -0.3 is 15.4 Å². The third-order valence-corrected chi connectivity index (χ3v) is 3.47. The van der Waals surface area contributed by atoms with Crippen molar-refractivity contribution < 1.29 is 14.3 Å². The minimum atomic E-state index is -0.763. The number of pyridine rings is 1. The molecule has 1 aromatic carbocycles. The van der Waals surface area contributed by atoms with E-state index in [1.807, 2.05) is 13.8 Å². The van der Waals surface area contributed by atoms with Crippen LogP contribution in [0.4, 0.5) is 5.69 Å². The molecule has 2 amide bonds. The Morgan fingerprint density at radius 3 is 2.52 bits per heavy atom. The van der Waals surface area contributed by atoms with E-state index in [1.54, 1.807) is 42.7 Å². The molecule has 0 fully saturated rings.